The number of rotatable bonds is 4. The average Bonchev–Trinajstić information content (AvgIpc) is 2.59. The molecular weight excluding hydrogens is 328 g/mol. The molecule has 1 unspecified atom stereocenters. The van der Waals surface area contributed by atoms with E-state index in [4.69, 9.17) is 4.74 Å². The molecule has 0 spiro atoms. The quantitative estimate of drug-likeness (QED) is 0.880. The van der Waals surface area contributed by atoms with E-state index >= 15 is 0 Å². The maximum absolute atomic E-state index is 12.7. The molecule has 1 aromatic rings. The largest absolute Gasteiger partial charge is 0.444 e. The standard InChI is InChI=1S/C21H32N2O3/c1-15(22-20(25)26-21(2,3)4)19(24)23(5)18-13-11-17(12-14-18)16-9-7-6-8-10-16/h6-10,15,17-18H,11-14H2,1-5H3,(H,22,25). The molecule has 5 heteroatoms. The minimum Gasteiger partial charge on any atom is -0.444 e. The summed E-state index contributed by atoms with van der Waals surface area (Å²) in [6.07, 6.45) is 3.59. The number of amides is 2. The van der Waals surface area contributed by atoms with Crippen molar-refractivity contribution in [1.82, 2.24) is 10.2 Å². The topological polar surface area (TPSA) is 58.6 Å². The third kappa shape index (κ3) is 5.75. The van der Waals surface area contributed by atoms with E-state index in [2.05, 4.69) is 29.6 Å². The number of alkyl carbamates (subject to hydrolysis) is 1. The first kappa shape index (κ1) is 20.3. The van der Waals surface area contributed by atoms with Gasteiger partial charge in [0, 0.05) is 13.1 Å². The molecule has 0 aromatic heterocycles. The SMILES string of the molecule is CC(NC(=O)OC(C)(C)C)C(=O)N(C)C1CCC(c2ccccc2)CC1. The molecule has 0 radical (unpaired) electrons. The van der Waals surface area contributed by atoms with Crippen LogP contribution in [0.1, 0.15) is 64.9 Å². The predicted molar refractivity (Wildman–Crippen MR) is 103 cm³/mol. The normalized spacial score (nSPS) is 21.6. The lowest BCUT2D eigenvalue weighted by molar-refractivity contribution is -0.134. The van der Waals surface area contributed by atoms with Crippen LogP contribution >= 0.6 is 0 Å². The summed E-state index contributed by atoms with van der Waals surface area (Å²) in [5.74, 6) is 0.507. The van der Waals surface area contributed by atoms with Crippen molar-refractivity contribution in [3.05, 3.63) is 35.9 Å². The Bertz CT molecular complexity index is 601. The molecule has 5 nitrogen and oxygen atoms in total. The highest BCUT2D eigenvalue weighted by molar-refractivity contribution is 5.85. The molecule has 2 amide bonds. The Morgan fingerprint density at radius 3 is 2.23 bits per heavy atom. The van der Waals surface area contributed by atoms with E-state index < -0.39 is 17.7 Å². The molecule has 1 atom stereocenters. The second-order valence-electron chi connectivity index (χ2n) is 8.23. The minimum absolute atomic E-state index is 0.0704. The van der Waals surface area contributed by atoms with Crippen LogP contribution in [-0.4, -0.2) is 41.6 Å². The van der Waals surface area contributed by atoms with Crippen molar-refractivity contribution in [1.29, 1.82) is 0 Å². The smallest absolute Gasteiger partial charge is 0.408 e. The summed E-state index contributed by atoms with van der Waals surface area (Å²) in [4.78, 5) is 26.3. The van der Waals surface area contributed by atoms with Gasteiger partial charge in [-0.25, -0.2) is 4.79 Å². The van der Waals surface area contributed by atoms with Gasteiger partial charge in [-0.3, -0.25) is 4.79 Å². The van der Waals surface area contributed by atoms with Gasteiger partial charge in [0.25, 0.3) is 0 Å². The molecule has 0 heterocycles. The first-order valence-electron chi connectivity index (χ1n) is 9.48. The van der Waals surface area contributed by atoms with E-state index in [1.807, 2.05) is 13.1 Å². The summed E-state index contributed by atoms with van der Waals surface area (Å²) in [6, 6.07) is 10.2. The van der Waals surface area contributed by atoms with Crippen molar-refractivity contribution in [2.75, 3.05) is 7.05 Å². The van der Waals surface area contributed by atoms with Crippen molar-refractivity contribution in [2.45, 2.75) is 77.0 Å². The fourth-order valence-corrected chi connectivity index (χ4v) is 3.55. The zero-order valence-electron chi connectivity index (χ0n) is 16.6. The molecule has 1 N–H and O–H groups in total. The molecular formula is C21H32N2O3. The van der Waals surface area contributed by atoms with E-state index in [-0.39, 0.29) is 11.9 Å². The van der Waals surface area contributed by atoms with Gasteiger partial charge in [0.05, 0.1) is 0 Å². The number of hydrogen-bond donors (Lipinski definition) is 1. The maximum Gasteiger partial charge on any atom is 0.408 e. The lowest BCUT2D eigenvalue weighted by Crippen LogP contribution is -2.50. The number of nitrogens with zero attached hydrogens (tertiary/aromatic N) is 1. The highest BCUT2D eigenvalue weighted by atomic mass is 16.6. The highest BCUT2D eigenvalue weighted by Gasteiger charge is 2.30. The van der Waals surface area contributed by atoms with Crippen LogP contribution in [0.15, 0.2) is 30.3 Å². The summed E-state index contributed by atoms with van der Waals surface area (Å²) in [6.45, 7) is 7.11. The number of likely N-dealkylation sites (N-methyl/N-ethyl adjacent to an activating group) is 1. The highest BCUT2D eigenvalue weighted by Crippen LogP contribution is 2.34. The van der Waals surface area contributed by atoms with Gasteiger partial charge in [-0.15, -0.1) is 0 Å². The monoisotopic (exact) mass is 360 g/mol. The summed E-state index contributed by atoms with van der Waals surface area (Å²) >= 11 is 0. The molecule has 1 saturated carbocycles. The van der Waals surface area contributed by atoms with Crippen molar-refractivity contribution in [2.24, 2.45) is 0 Å². The molecule has 144 valence electrons. The Balaban J connectivity index is 1.84. The molecule has 0 saturated heterocycles. The third-order valence-corrected chi connectivity index (χ3v) is 4.97. The van der Waals surface area contributed by atoms with Crippen LogP contribution in [0, 0.1) is 0 Å². The lowest BCUT2D eigenvalue weighted by atomic mass is 9.81. The molecule has 26 heavy (non-hydrogen) atoms. The average molecular weight is 360 g/mol. The van der Waals surface area contributed by atoms with E-state index in [0.29, 0.717) is 5.92 Å². The molecule has 1 aromatic carbocycles. The first-order chi connectivity index (χ1) is 12.2. The summed E-state index contributed by atoms with van der Waals surface area (Å²) in [5, 5.41) is 2.64. The minimum atomic E-state index is -0.596. The zero-order valence-corrected chi connectivity index (χ0v) is 16.6. The second-order valence-corrected chi connectivity index (χ2v) is 8.23. The molecule has 1 aliphatic rings. The van der Waals surface area contributed by atoms with Crippen molar-refractivity contribution in [3.8, 4) is 0 Å². The molecule has 1 fully saturated rings. The van der Waals surface area contributed by atoms with E-state index in [1.54, 1.807) is 32.6 Å². The Morgan fingerprint density at radius 2 is 1.69 bits per heavy atom. The Hall–Kier alpha value is -2.04. The number of carbonyl (C=O) groups excluding carboxylic acids is 2. The number of ether oxygens (including phenoxy) is 1. The lowest BCUT2D eigenvalue weighted by Gasteiger charge is -2.36. The predicted octanol–water partition coefficient (Wildman–Crippen LogP) is 4.08. The van der Waals surface area contributed by atoms with Gasteiger partial charge in [-0.1, -0.05) is 30.3 Å². The molecule has 2 rings (SSSR count). The second kappa shape index (κ2) is 8.56. The molecule has 0 aliphatic heterocycles. The van der Waals surface area contributed by atoms with E-state index in [0.717, 1.165) is 25.7 Å². The van der Waals surface area contributed by atoms with E-state index in [1.165, 1.54) is 5.56 Å². The van der Waals surface area contributed by atoms with Crippen LogP contribution in [-0.2, 0) is 9.53 Å². The first-order valence-corrected chi connectivity index (χ1v) is 9.48. The van der Waals surface area contributed by atoms with Gasteiger partial charge in [0.15, 0.2) is 0 Å². The maximum atomic E-state index is 12.7. The van der Waals surface area contributed by atoms with Crippen LogP contribution in [0.2, 0.25) is 0 Å². The van der Waals surface area contributed by atoms with Crippen LogP contribution in [0.4, 0.5) is 4.79 Å². The number of hydrogen-bond acceptors (Lipinski definition) is 3. The van der Waals surface area contributed by atoms with Crippen molar-refractivity contribution >= 4 is 12.0 Å². The van der Waals surface area contributed by atoms with Gasteiger partial charge in [-0.2, -0.15) is 0 Å². The number of nitrogens with one attached hydrogen (secondary N) is 1. The van der Waals surface area contributed by atoms with Crippen LogP contribution in [0.3, 0.4) is 0 Å². The van der Waals surface area contributed by atoms with Crippen molar-refractivity contribution < 1.29 is 14.3 Å². The van der Waals surface area contributed by atoms with Gasteiger partial charge in [-0.05, 0) is 64.9 Å². The molecule has 1 aliphatic carbocycles. The fraction of sp³-hybridized carbons (Fsp3) is 0.619. The zero-order chi connectivity index (χ0) is 19.3. The Kier molecular flexibility index (Phi) is 6.68. The van der Waals surface area contributed by atoms with Crippen LogP contribution in [0.5, 0.6) is 0 Å². The summed E-state index contributed by atoms with van der Waals surface area (Å²) < 4.78 is 5.23. The summed E-state index contributed by atoms with van der Waals surface area (Å²) in [5.41, 5.74) is 0.814. The van der Waals surface area contributed by atoms with Crippen LogP contribution < -0.4 is 5.32 Å². The number of benzene rings is 1. The Morgan fingerprint density at radius 1 is 1.12 bits per heavy atom. The van der Waals surface area contributed by atoms with Gasteiger partial charge < -0.3 is 15.0 Å². The van der Waals surface area contributed by atoms with Gasteiger partial charge in [0.1, 0.15) is 11.6 Å². The van der Waals surface area contributed by atoms with Crippen molar-refractivity contribution in [3.63, 3.8) is 0 Å². The van der Waals surface area contributed by atoms with Gasteiger partial charge >= 0.3 is 6.09 Å². The third-order valence-electron chi connectivity index (χ3n) is 4.97. The fourth-order valence-electron chi connectivity index (χ4n) is 3.55. The number of carbonyl (C=O) groups is 2. The van der Waals surface area contributed by atoms with E-state index in [9.17, 15) is 9.59 Å². The molecule has 0 bridgehead atoms. The van der Waals surface area contributed by atoms with Crippen LogP contribution in [0.25, 0.3) is 0 Å². The summed E-state index contributed by atoms with van der Waals surface area (Å²) in [7, 11) is 1.84. The van der Waals surface area contributed by atoms with Gasteiger partial charge in [0.2, 0.25) is 5.91 Å². The Labute approximate surface area is 157 Å².